The predicted octanol–water partition coefficient (Wildman–Crippen LogP) is 5.33. The van der Waals surface area contributed by atoms with Crippen molar-refractivity contribution in [3.8, 4) is 5.75 Å². The number of anilines is 1. The van der Waals surface area contributed by atoms with Gasteiger partial charge in [0.1, 0.15) is 18.3 Å². The molecule has 3 aromatic carbocycles. The lowest BCUT2D eigenvalue weighted by Crippen LogP contribution is -2.52. The van der Waals surface area contributed by atoms with Gasteiger partial charge in [-0.2, -0.15) is 0 Å². The van der Waals surface area contributed by atoms with Crippen LogP contribution < -0.4 is 14.4 Å². The number of halogens is 1. The van der Waals surface area contributed by atoms with Gasteiger partial charge in [0, 0.05) is 12.6 Å². The first-order valence-corrected chi connectivity index (χ1v) is 15.5. The monoisotopic (exact) mass is 597 g/mol. The molecule has 0 radical (unpaired) electrons. The molecule has 10 heteroatoms. The maximum atomic E-state index is 14.1. The van der Waals surface area contributed by atoms with Crippen LogP contribution in [0.5, 0.6) is 5.75 Å². The van der Waals surface area contributed by atoms with E-state index >= 15 is 0 Å². The molecule has 4 rings (SSSR count). The van der Waals surface area contributed by atoms with Crippen LogP contribution in [0.3, 0.4) is 0 Å². The Balaban J connectivity index is 1.70. The van der Waals surface area contributed by atoms with Crippen molar-refractivity contribution in [1.29, 1.82) is 0 Å². The first kappa shape index (κ1) is 30.4. The topological polar surface area (TPSA) is 96.0 Å². The molecule has 0 unspecified atom stereocenters. The average Bonchev–Trinajstić information content (AvgIpc) is 3.48. The highest BCUT2D eigenvalue weighted by molar-refractivity contribution is 7.92. The zero-order valence-corrected chi connectivity index (χ0v) is 25.1. The quantitative estimate of drug-likeness (QED) is 0.322. The molecule has 41 heavy (non-hydrogen) atoms. The number of hydrogen-bond donors (Lipinski definition) is 1. The number of para-hydroxylation sites is 1. The van der Waals surface area contributed by atoms with Crippen molar-refractivity contribution in [3.05, 3.63) is 88.9 Å². The first-order valence-electron chi connectivity index (χ1n) is 13.7. The molecule has 0 aromatic heterocycles. The van der Waals surface area contributed by atoms with Crippen molar-refractivity contribution >= 4 is 39.1 Å². The number of amides is 2. The Morgan fingerprint density at radius 1 is 1.02 bits per heavy atom. The van der Waals surface area contributed by atoms with Gasteiger partial charge in [0.05, 0.1) is 22.7 Å². The molecule has 0 spiro atoms. The molecular formula is C31H36ClN3O5S. The molecule has 0 aliphatic heterocycles. The number of methoxy groups -OCH3 is 1. The van der Waals surface area contributed by atoms with Crippen LogP contribution in [0, 0.1) is 6.92 Å². The number of aryl methyl sites for hydroxylation is 1. The van der Waals surface area contributed by atoms with Crippen molar-refractivity contribution in [1.82, 2.24) is 10.2 Å². The Morgan fingerprint density at radius 3 is 2.37 bits per heavy atom. The summed E-state index contributed by atoms with van der Waals surface area (Å²) in [6.45, 7) is 3.05. The SMILES string of the molecule is COc1cccc(CN(C(=O)CN(c2ccccc2Cl)S(=O)(=O)c2ccc(C)cc2)[C@@H](C)C(=O)NC2CCCC2)c1. The summed E-state index contributed by atoms with van der Waals surface area (Å²) in [5.41, 5.74) is 1.81. The zero-order valence-electron chi connectivity index (χ0n) is 23.5. The van der Waals surface area contributed by atoms with E-state index in [9.17, 15) is 18.0 Å². The lowest BCUT2D eigenvalue weighted by Gasteiger charge is -2.32. The van der Waals surface area contributed by atoms with Gasteiger partial charge in [-0.05, 0) is 68.7 Å². The molecule has 2 amide bonds. The Morgan fingerprint density at radius 2 is 1.71 bits per heavy atom. The minimum absolute atomic E-state index is 0.0298. The summed E-state index contributed by atoms with van der Waals surface area (Å²) < 4.78 is 34.2. The minimum atomic E-state index is -4.19. The second-order valence-corrected chi connectivity index (χ2v) is 12.6. The zero-order chi connectivity index (χ0) is 29.6. The number of carbonyl (C=O) groups is 2. The number of ether oxygens (including phenoxy) is 1. The van der Waals surface area contributed by atoms with E-state index in [1.165, 1.54) is 17.0 Å². The lowest BCUT2D eigenvalue weighted by molar-refractivity contribution is -0.139. The Kier molecular flexibility index (Phi) is 9.94. The number of nitrogens with zero attached hydrogens (tertiary/aromatic N) is 2. The molecular weight excluding hydrogens is 562 g/mol. The summed E-state index contributed by atoms with van der Waals surface area (Å²) in [4.78, 5) is 28.9. The van der Waals surface area contributed by atoms with Crippen LogP contribution in [0.25, 0.3) is 0 Å². The van der Waals surface area contributed by atoms with Crippen LogP contribution in [0.4, 0.5) is 5.69 Å². The summed E-state index contributed by atoms with van der Waals surface area (Å²) in [6, 6.07) is 19.3. The van der Waals surface area contributed by atoms with E-state index in [0.29, 0.717) is 5.75 Å². The van der Waals surface area contributed by atoms with Gasteiger partial charge in [-0.15, -0.1) is 0 Å². The highest BCUT2D eigenvalue weighted by Crippen LogP contribution is 2.31. The number of rotatable bonds is 11. The van der Waals surface area contributed by atoms with Crippen molar-refractivity contribution in [2.45, 2.75) is 63.1 Å². The summed E-state index contributed by atoms with van der Waals surface area (Å²) in [5.74, 6) is -0.214. The Labute approximate surface area is 247 Å². The third-order valence-electron chi connectivity index (χ3n) is 7.36. The van der Waals surface area contributed by atoms with Crippen molar-refractivity contribution < 1.29 is 22.7 Å². The smallest absolute Gasteiger partial charge is 0.264 e. The molecule has 1 aliphatic carbocycles. The number of carbonyl (C=O) groups excluding carboxylic acids is 2. The first-order chi connectivity index (χ1) is 19.6. The number of benzene rings is 3. The Hall–Kier alpha value is -3.56. The fourth-order valence-electron chi connectivity index (χ4n) is 4.95. The standard InChI is InChI=1S/C31H36ClN3O5S/c1-22-15-17-27(18-16-22)41(38,39)35(29-14-7-6-13-28(29)32)21-30(36)34(20-24-9-8-12-26(19-24)40-3)23(2)31(37)33-25-10-4-5-11-25/h6-9,12-19,23,25H,4-5,10-11,20-21H2,1-3H3,(H,33,37)/t23-/m0/s1. The second-order valence-electron chi connectivity index (χ2n) is 10.3. The molecule has 0 heterocycles. The third-order valence-corrected chi connectivity index (χ3v) is 9.46. The predicted molar refractivity (Wildman–Crippen MR) is 161 cm³/mol. The molecule has 0 saturated heterocycles. The largest absolute Gasteiger partial charge is 0.497 e. The molecule has 1 fully saturated rings. The highest BCUT2D eigenvalue weighted by Gasteiger charge is 2.34. The summed E-state index contributed by atoms with van der Waals surface area (Å²) in [5, 5.41) is 3.25. The van der Waals surface area contributed by atoms with E-state index in [1.807, 2.05) is 13.0 Å². The molecule has 1 aliphatic rings. The lowest BCUT2D eigenvalue weighted by atomic mass is 10.1. The Bertz CT molecular complexity index is 1470. The molecule has 0 bridgehead atoms. The average molecular weight is 598 g/mol. The van der Waals surface area contributed by atoms with Crippen LogP contribution in [-0.2, 0) is 26.2 Å². The molecule has 1 saturated carbocycles. The summed E-state index contributed by atoms with van der Waals surface area (Å²) in [7, 11) is -2.64. The van der Waals surface area contributed by atoms with Gasteiger partial charge >= 0.3 is 0 Å². The molecule has 1 N–H and O–H groups in total. The number of sulfonamides is 1. The summed E-state index contributed by atoms with van der Waals surface area (Å²) >= 11 is 6.46. The van der Waals surface area contributed by atoms with E-state index in [0.717, 1.165) is 41.1 Å². The van der Waals surface area contributed by atoms with E-state index < -0.39 is 28.5 Å². The van der Waals surface area contributed by atoms with Gasteiger partial charge in [0.15, 0.2) is 0 Å². The molecule has 1 atom stereocenters. The second kappa shape index (κ2) is 13.4. The maximum absolute atomic E-state index is 14.1. The van der Waals surface area contributed by atoms with Gasteiger partial charge in [-0.3, -0.25) is 13.9 Å². The molecule has 218 valence electrons. The van der Waals surface area contributed by atoms with Gasteiger partial charge in [0.25, 0.3) is 10.0 Å². The minimum Gasteiger partial charge on any atom is -0.497 e. The number of hydrogen-bond acceptors (Lipinski definition) is 5. The van der Waals surface area contributed by atoms with Crippen LogP contribution >= 0.6 is 11.6 Å². The molecule has 3 aromatic rings. The highest BCUT2D eigenvalue weighted by atomic mass is 35.5. The van der Waals surface area contributed by atoms with Crippen molar-refractivity contribution in [3.63, 3.8) is 0 Å². The van der Waals surface area contributed by atoms with Crippen LogP contribution in [0.1, 0.15) is 43.7 Å². The third kappa shape index (κ3) is 7.40. The van der Waals surface area contributed by atoms with Gasteiger partial charge in [0.2, 0.25) is 11.8 Å². The van der Waals surface area contributed by atoms with Crippen LogP contribution in [0.15, 0.2) is 77.7 Å². The summed E-state index contributed by atoms with van der Waals surface area (Å²) in [6.07, 6.45) is 3.90. The van der Waals surface area contributed by atoms with Crippen molar-refractivity contribution in [2.75, 3.05) is 18.0 Å². The normalized spacial score (nSPS) is 14.3. The fraction of sp³-hybridized carbons (Fsp3) is 0.355. The maximum Gasteiger partial charge on any atom is 0.264 e. The van der Waals surface area contributed by atoms with Gasteiger partial charge < -0.3 is 15.0 Å². The van der Waals surface area contributed by atoms with E-state index in [1.54, 1.807) is 68.6 Å². The fourth-order valence-corrected chi connectivity index (χ4v) is 6.67. The van der Waals surface area contributed by atoms with E-state index in [4.69, 9.17) is 16.3 Å². The van der Waals surface area contributed by atoms with Gasteiger partial charge in [-0.25, -0.2) is 8.42 Å². The van der Waals surface area contributed by atoms with Crippen LogP contribution in [0.2, 0.25) is 5.02 Å². The van der Waals surface area contributed by atoms with E-state index in [2.05, 4.69) is 5.32 Å². The van der Waals surface area contributed by atoms with E-state index in [-0.39, 0.29) is 34.1 Å². The van der Waals surface area contributed by atoms with Gasteiger partial charge in [-0.1, -0.05) is 66.4 Å². The van der Waals surface area contributed by atoms with Crippen molar-refractivity contribution in [2.24, 2.45) is 0 Å². The van der Waals surface area contributed by atoms with Crippen LogP contribution in [-0.4, -0.2) is 50.9 Å². The number of nitrogens with one attached hydrogen (secondary N) is 1. The molecule has 8 nitrogen and oxygen atoms in total.